The van der Waals surface area contributed by atoms with Crippen LogP contribution in [0.4, 0.5) is 0 Å². The lowest BCUT2D eigenvalue weighted by atomic mass is 10.1. The average molecular weight is 241 g/mol. The molecule has 0 heterocycles. The molecule has 1 aromatic carbocycles. The number of aryl methyl sites for hydroxylation is 1. The molecule has 0 unspecified atom stereocenters. The van der Waals surface area contributed by atoms with Crippen molar-refractivity contribution in [2.75, 3.05) is 0 Å². The molecule has 0 amide bonds. The van der Waals surface area contributed by atoms with Crippen molar-refractivity contribution in [3.8, 4) is 5.75 Å². The van der Waals surface area contributed by atoms with Crippen molar-refractivity contribution in [2.45, 2.75) is 52.6 Å². The Morgan fingerprint density at radius 1 is 1.19 bits per heavy atom. The highest BCUT2D eigenvalue weighted by Gasteiger charge is 2.10. The zero-order valence-electron chi connectivity index (χ0n) is 10.4. The van der Waals surface area contributed by atoms with Crippen LogP contribution in [-0.2, 0) is 0 Å². The van der Waals surface area contributed by atoms with Crippen molar-refractivity contribution in [2.24, 2.45) is 0 Å². The molecule has 1 nitrogen and oxygen atoms in total. The number of benzene rings is 1. The summed E-state index contributed by atoms with van der Waals surface area (Å²) in [6, 6.07) is 5.92. The highest BCUT2D eigenvalue weighted by atomic mass is 35.5. The fourth-order valence-corrected chi connectivity index (χ4v) is 1.95. The van der Waals surface area contributed by atoms with E-state index in [1.54, 1.807) is 0 Å². The van der Waals surface area contributed by atoms with Crippen molar-refractivity contribution in [3.63, 3.8) is 0 Å². The van der Waals surface area contributed by atoms with Crippen LogP contribution in [0.15, 0.2) is 18.2 Å². The van der Waals surface area contributed by atoms with Crippen LogP contribution in [0.2, 0.25) is 5.02 Å². The minimum Gasteiger partial charge on any atom is -0.489 e. The summed E-state index contributed by atoms with van der Waals surface area (Å²) in [6.07, 6.45) is 4.78. The molecule has 0 spiro atoms. The Morgan fingerprint density at radius 3 is 2.38 bits per heavy atom. The SMILES string of the molecule is CCCC(CCC)Oc1cc(C)ccc1Cl. The summed E-state index contributed by atoms with van der Waals surface area (Å²) < 4.78 is 5.97. The van der Waals surface area contributed by atoms with Gasteiger partial charge in [0, 0.05) is 0 Å². The molecule has 16 heavy (non-hydrogen) atoms. The van der Waals surface area contributed by atoms with Gasteiger partial charge in [-0.2, -0.15) is 0 Å². The van der Waals surface area contributed by atoms with Crippen molar-refractivity contribution < 1.29 is 4.74 Å². The molecule has 0 aromatic heterocycles. The average Bonchev–Trinajstić information content (AvgIpc) is 2.24. The molecule has 0 radical (unpaired) electrons. The third kappa shape index (κ3) is 4.05. The maximum atomic E-state index is 6.12. The van der Waals surface area contributed by atoms with Gasteiger partial charge in [-0.3, -0.25) is 0 Å². The number of ether oxygens (including phenoxy) is 1. The molecule has 0 N–H and O–H groups in total. The quantitative estimate of drug-likeness (QED) is 0.680. The van der Waals surface area contributed by atoms with Gasteiger partial charge in [0.05, 0.1) is 11.1 Å². The molecule has 1 aromatic rings. The zero-order valence-corrected chi connectivity index (χ0v) is 11.2. The van der Waals surface area contributed by atoms with E-state index in [0.717, 1.165) is 31.4 Å². The van der Waals surface area contributed by atoms with Crippen molar-refractivity contribution in [1.82, 2.24) is 0 Å². The molecular formula is C14H21ClO. The Morgan fingerprint density at radius 2 is 1.81 bits per heavy atom. The Balaban J connectivity index is 2.71. The zero-order chi connectivity index (χ0) is 12.0. The van der Waals surface area contributed by atoms with E-state index in [2.05, 4.69) is 20.8 Å². The van der Waals surface area contributed by atoms with Crippen LogP contribution < -0.4 is 4.74 Å². The number of halogens is 1. The summed E-state index contributed by atoms with van der Waals surface area (Å²) in [5, 5.41) is 0.711. The van der Waals surface area contributed by atoms with Crippen LogP contribution in [0.5, 0.6) is 5.75 Å². The van der Waals surface area contributed by atoms with Crippen molar-refractivity contribution in [3.05, 3.63) is 28.8 Å². The molecule has 0 saturated carbocycles. The minimum absolute atomic E-state index is 0.300. The van der Waals surface area contributed by atoms with Crippen LogP contribution in [-0.4, -0.2) is 6.10 Å². The number of hydrogen-bond donors (Lipinski definition) is 0. The van der Waals surface area contributed by atoms with E-state index < -0.39 is 0 Å². The van der Waals surface area contributed by atoms with E-state index in [9.17, 15) is 0 Å². The predicted molar refractivity (Wildman–Crippen MR) is 70.4 cm³/mol. The fourth-order valence-electron chi connectivity index (χ4n) is 1.79. The van der Waals surface area contributed by atoms with Crippen LogP contribution >= 0.6 is 11.6 Å². The molecule has 0 fully saturated rings. The molecule has 90 valence electrons. The van der Waals surface area contributed by atoms with Crippen LogP contribution in [0.3, 0.4) is 0 Å². The molecule has 0 atom stereocenters. The summed E-state index contributed by atoms with van der Waals surface area (Å²) >= 11 is 6.12. The molecular weight excluding hydrogens is 220 g/mol. The van der Waals surface area contributed by atoms with Gasteiger partial charge in [-0.1, -0.05) is 44.4 Å². The Labute approximate surface area is 104 Å². The first-order valence-corrected chi connectivity index (χ1v) is 6.48. The second-order valence-corrected chi connectivity index (χ2v) is 4.66. The smallest absolute Gasteiger partial charge is 0.138 e. The molecule has 2 heteroatoms. The Hall–Kier alpha value is -0.690. The molecule has 1 rings (SSSR count). The summed E-state index contributed by atoms with van der Waals surface area (Å²) in [5.41, 5.74) is 1.19. The molecule has 0 bridgehead atoms. The first-order valence-electron chi connectivity index (χ1n) is 6.10. The third-order valence-corrected chi connectivity index (χ3v) is 2.91. The van der Waals surface area contributed by atoms with E-state index in [1.807, 2.05) is 18.2 Å². The van der Waals surface area contributed by atoms with Gasteiger partial charge >= 0.3 is 0 Å². The van der Waals surface area contributed by atoms with E-state index in [4.69, 9.17) is 16.3 Å². The first kappa shape index (κ1) is 13.4. The lowest BCUT2D eigenvalue weighted by molar-refractivity contribution is 0.179. The summed E-state index contributed by atoms with van der Waals surface area (Å²) in [7, 11) is 0. The minimum atomic E-state index is 0.300. The molecule has 0 saturated heterocycles. The van der Waals surface area contributed by atoms with Gasteiger partial charge in [0.1, 0.15) is 5.75 Å². The lowest BCUT2D eigenvalue weighted by Crippen LogP contribution is -2.16. The summed E-state index contributed by atoms with van der Waals surface area (Å²) in [6.45, 7) is 6.42. The maximum Gasteiger partial charge on any atom is 0.138 e. The Kier molecular flexibility index (Phi) is 5.68. The largest absolute Gasteiger partial charge is 0.489 e. The summed E-state index contributed by atoms with van der Waals surface area (Å²) in [5.74, 6) is 0.827. The normalized spacial score (nSPS) is 10.8. The standard InChI is InChI=1S/C14H21ClO/c1-4-6-12(7-5-2)16-14-10-11(3)8-9-13(14)15/h8-10,12H,4-7H2,1-3H3. The molecule has 0 aliphatic rings. The second-order valence-electron chi connectivity index (χ2n) is 4.25. The number of rotatable bonds is 6. The topological polar surface area (TPSA) is 9.23 Å². The van der Waals surface area contributed by atoms with Gasteiger partial charge in [-0.15, -0.1) is 0 Å². The van der Waals surface area contributed by atoms with Gasteiger partial charge in [0.25, 0.3) is 0 Å². The van der Waals surface area contributed by atoms with E-state index in [1.165, 1.54) is 5.56 Å². The van der Waals surface area contributed by atoms with E-state index in [-0.39, 0.29) is 0 Å². The summed E-state index contributed by atoms with van der Waals surface area (Å²) in [4.78, 5) is 0. The van der Waals surface area contributed by atoms with Gasteiger partial charge < -0.3 is 4.74 Å². The van der Waals surface area contributed by atoms with Gasteiger partial charge in [-0.25, -0.2) is 0 Å². The van der Waals surface area contributed by atoms with Gasteiger partial charge in [-0.05, 0) is 37.5 Å². The van der Waals surface area contributed by atoms with Gasteiger partial charge in [0.15, 0.2) is 0 Å². The monoisotopic (exact) mass is 240 g/mol. The first-order chi connectivity index (χ1) is 7.67. The van der Waals surface area contributed by atoms with Crippen molar-refractivity contribution in [1.29, 1.82) is 0 Å². The van der Waals surface area contributed by atoms with Crippen LogP contribution in [0.25, 0.3) is 0 Å². The van der Waals surface area contributed by atoms with E-state index >= 15 is 0 Å². The lowest BCUT2D eigenvalue weighted by Gasteiger charge is -2.19. The highest BCUT2D eigenvalue weighted by molar-refractivity contribution is 6.32. The highest BCUT2D eigenvalue weighted by Crippen LogP contribution is 2.27. The third-order valence-electron chi connectivity index (χ3n) is 2.60. The fraction of sp³-hybridized carbons (Fsp3) is 0.571. The van der Waals surface area contributed by atoms with E-state index in [0.29, 0.717) is 11.1 Å². The van der Waals surface area contributed by atoms with Gasteiger partial charge in [0.2, 0.25) is 0 Å². The van der Waals surface area contributed by atoms with Crippen LogP contribution in [0, 0.1) is 6.92 Å². The predicted octanol–water partition coefficient (Wildman–Crippen LogP) is 5.00. The van der Waals surface area contributed by atoms with Crippen molar-refractivity contribution >= 4 is 11.6 Å². The second kappa shape index (κ2) is 6.80. The Bertz CT molecular complexity index is 317. The van der Waals surface area contributed by atoms with Crippen LogP contribution in [0.1, 0.15) is 45.1 Å². The molecule has 0 aliphatic heterocycles. The molecule has 0 aliphatic carbocycles. The number of hydrogen-bond acceptors (Lipinski definition) is 1. The maximum absolute atomic E-state index is 6.12.